The van der Waals surface area contributed by atoms with Gasteiger partial charge in [-0.3, -0.25) is 4.79 Å². The normalized spacial score (nSPS) is 12.9. The number of carbonyl (C=O) groups excluding carboxylic acids is 1. The Kier molecular flexibility index (Phi) is 6.93. The molecule has 0 saturated heterocycles. The van der Waals surface area contributed by atoms with Crippen LogP contribution in [-0.2, 0) is 16.1 Å². The number of esters is 1. The third-order valence-electron chi connectivity index (χ3n) is 4.28. The summed E-state index contributed by atoms with van der Waals surface area (Å²) in [5.74, 6) is 1.54. The van der Waals surface area contributed by atoms with Crippen LogP contribution in [-0.4, -0.2) is 45.4 Å². The maximum Gasteiger partial charge on any atom is 0.319 e. The summed E-state index contributed by atoms with van der Waals surface area (Å²) in [4.78, 5) is 13.6. The number of hydrogen-bond donors (Lipinski definition) is 1. The quantitative estimate of drug-likeness (QED) is 0.685. The van der Waals surface area contributed by atoms with E-state index >= 15 is 0 Å². The number of ether oxygens (including phenoxy) is 3. The predicted octanol–water partition coefficient (Wildman–Crippen LogP) is 2.62. The van der Waals surface area contributed by atoms with Crippen LogP contribution in [0.2, 0.25) is 0 Å². The number of anilines is 1. The van der Waals surface area contributed by atoms with Gasteiger partial charge in [0.15, 0.2) is 0 Å². The Balaban J connectivity index is 1.41. The van der Waals surface area contributed by atoms with Gasteiger partial charge in [0, 0.05) is 6.54 Å². The highest BCUT2D eigenvalue weighted by Crippen LogP contribution is 2.30. The fraction of sp³-hybridized carbons (Fsp3) is 0.381. The highest BCUT2D eigenvalue weighted by atomic mass is 16.5. The van der Waals surface area contributed by atoms with Gasteiger partial charge in [-0.2, -0.15) is 0 Å². The Morgan fingerprint density at radius 3 is 2.81 bits per heavy atom. The third kappa shape index (κ3) is 5.62. The molecule has 0 bridgehead atoms. The first-order chi connectivity index (χ1) is 13.3. The van der Waals surface area contributed by atoms with Gasteiger partial charge in [-0.25, -0.2) is 0 Å². The zero-order valence-corrected chi connectivity index (χ0v) is 15.6. The van der Waals surface area contributed by atoms with E-state index in [0.29, 0.717) is 26.4 Å². The van der Waals surface area contributed by atoms with Gasteiger partial charge >= 0.3 is 5.97 Å². The summed E-state index contributed by atoms with van der Waals surface area (Å²) in [6, 6.07) is 16.0. The summed E-state index contributed by atoms with van der Waals surface area (Å²) in [6.45, 7) is 6.02. The molecule has 0 spiro atoms. The maximum atomic E-state index is 11.3. The topological polar surface area (TPSA) is 60.0 Å². The van der Waals surface area contributed by atoms with Gasteiger partial charge in [0.25, 0.3) is 0 Å². The Morgan fingerprint density at radius 2 is 2.00 bits per heavy atom. The molecule has 1 heterocycles. The van der Waals surface area contributed by atoms with Gasteiger partial charge in [0.2, 0.25) is 0 Å². The Labute approximate surface area is 160 Å². The summed E-state index contributed by atoms with van der Waals surface area (Å²) >= 11 is 0. The number of rotatable bonds is 9. The molecule has 2 aromatic rings. The van der Waals surface area contributed by atoms with Crippen molar-refractivity contribution in [3.8, 4) is 11.5 Å². The summed E-state index contributed by atoms with van der Waals surface area (Å²) < 4.78 is 16.4. The van der Waals surface area contributed by atoms with Crippen LogP contribution in [0.5, 0.6) is 11.5 Å². The van der Waals surface area contributed by atoms with E-state index in [0.717, 1.165) is 35.8 Å². The molecular weight excluding hydrogens is 344 g/mol. The highest BCUT2D eigenvalue weighted by molar-refractivity contribution is 5.71. The predicted molar refractivity (Wildman–Crippen MR) is 104 cm³/mol. The fourth-order valence-corrected chi connectivity index (χ4v) is 2.96. The number of fused-ring (bicyclic) bond motifs is 1. The van der Waals surface area contributed by atoms with Gasteiger partial charge in [0.1, 0.15) is 24.7 Å². The van der Waals surface area contributed by atoms with Gasteiger partial charge < -0.3 is 24.4 Å². The van der Waals surface area contributed by atoms with Gasteiger partial charge in [-0.15, -0.1) is 0 Å². The number of nitrogens with zero attached hydrogens (tertiary/aromatic N) is 1. The van der Waals surface area contributed by atoms with Crippen molar-refractivity contribution in [2.45, 2.75) is 13.5 Å². The minimum Gasteiger partial charge on any atom is -0.492 e. The molecule has 6 heteroatoms. The zero-order chi connectivity index (χ0) is 18.9. The standard InChI is InChI=1S/C21H26N2O4/c1-2-25-21(24)16-22-15-17-7-9-18(10-8-17)26-13-11-23-12-14-27-20-6-4-3-5-19(20)23/h3-10,22H,2,11-16H2,1H3. The molecular formula is C21H26N2O4. The molecule has 0 aromatic heterocycles. The average Bonchev–Trinajstić information content (AvgIpc) is 2.70. The van der Waals surface area contributed by atoms with Gasteiger partial charge in [0.05, 0.1) is 31.9 Å². The number of carbonyl (C=O) groups is 1. The second-order valence-electron chi connectivity index (χ2n) is 6.20. The molecule has 6 nitrogen and oxygen atoms in total. The lowest BCUT2D eigenvalue weighted by Crippen LogP contribution is -2.35. The maximum absolute atomic E-state index is 11.3. The van der Waals surface area contributed by atoms with Crippen molar-refractivity contribution >= 4 is 11.7 Å². The largest absolute Gasteiger partial charge is 0.492 e. The van der Waals surface area contributed by atoms with Crippen LogP contribution in [0.4, 0.5) is 5.69 Å². The molecule has 0 aliphatic carbocycles. The summed E-state index contributed by atoms with van der Waals surface area (Å²) in [5, 5.41) is 3.07. The first-order valence-corrected chi connectivity index (χ1v) is 9.31. The first-order valence-electron chi connectivity index (χ1n) is 9.31. The molecule has 1 aliphatic rings. The smallest absolute Gasteiger partial charge is 0.319 e. The van der Waals surface area contributed by atoms with Crippen molar-refractivity contribution in [3.63, 3.8) is 0 Å². The molecule has 0 amide bonds. The molecule has 2 aromatic carbocycles. The molecule has 1 aliphatic heterocycles. The molecule has 27 heavy (non-hydrogen) atoms. The molecule has 3 rings (SSSR count). The summed E-state index contributed by atoms with van der Waals surface area (Å²) in [6.07, 6.45) is 0. The molecule has 0 fully saturated rings. The molecule has 0 radical (unpaired) electrons. The second kappa shape index (κ2) is 9.83. The SMILES string of the molecule is CCOC(=O)CNCc1ccc(OCCN2CCOc3ccccc32)cc1. The monoisotopic (exact) mass is 370 g/mol. The van der Waals surface area contributed by atoms with E-state index < -0.39 is 0 Å². The van der Waals surface area contributed by atoms with E-state index in [9.17, 15) is 4.79 Å². The van der Waals surface area contributed by atoms with E-state index in [1.54, 1.807) is 6.92 Å². The van der Waals surface area contributed by atoms with Crippen molar-refractivity contribution in [2.75, 3.05) is 44.4 Å². The minimum absolute atomic E-state index is 0.215. The Bertz CT molecular complexity index is 733. The van der Waals surface area contributed by atoms with E-state index in [4.69, 9.17) is 14.2 Å². The minimum atomic E-state index is -0.234. The van der Waals surface area contributed by atoms with Gasteiger partial charge in [-0.05, 0) is 36.8 Å². The lowest BCUT2D eigenvalue weighted by atomic mass is 10.2. The Hall–Kier alpha value is -2.73. The molecule has 0 atom stereocenters. The van der Waals surface area contributed by atoms with Crippen LogP contribution >= 0.6 is 0 Å². The van der Waals surface area contributed by atoms with Crippen molar-refractivity contribution in [1.82, 2.24) is 5.32 Å². The van der Waals surface area contributed by atoms with Crippen molar-refractivity contribution in [2.24, 2.45) is 0 Å². The fourth-order valence-electron chi connectivity index (χ4n) is 2.96. The molecule has 1 N–H and O–H groups in total. The van der Waals surface area contributed by atoms with E-state index in [2.05, 4.69) is 16.3 Å². The van der Waals surface area contributed by atoms with Crippen LogP contribution in [0, 0.1) is 0 Å². The highest BCUT2D eigenvalue weighted by Gasteiger charge is 2.16. The molecule has 0 unspecified atom stereocenters. The van der Waals surface area contributed by atoms with Crippen LogP contribution < -0.4 is 19.7 Å². The van der Waals surface area contributed by atoms with Crippen LogP contribution in [0.25, 0.3) is 0 Å². The number of para-hydroxylation sites is 2. The Morgan fingerprint density at radius 1 is 1.19 bits per heavy atom. The first kappa shape index (κ1) is 19.0. The number of benzene rings is 2. The average molecular weight is 370 g/mol. The van der Waals surface area contributed by atoms with Crippen LogP contribution in [0.1, 0.15) is 12.5 Å². The third-order valence-corrected chi connectivity index (χ3v) is 4.28. The molecule has 144 valence electrons. The lowest BCUT2D eigenvalue weighted by Gasteiger charge is -2.31. The van der Waals surface area contributed by atoms with Crippen molar-refractivity contribution < 1.29 is 19.0 Å². The molecule has 0 saturated carbocycles. The van der Waals surface area contributed by atoms with E-state index in [1.165, 1.54) is 0 Å². The summed E-state index contributed by atoms with van der Waals surface area (Å²) in [7, 11) is 0. The number of nitrogens with one attached hydrogen (secondary N) is 1. The second-order valence-corrected chi connectivity index (χ2v) is 6.20. The lowest BCUT2D eigenvalue weighted by molar-refractivity contribution is -0.142. The number of hydrogen-bond acceptors (Lipinski definition) is 6. The zero-order valence-electron chi connectivity index (χ0n) is 15.6. The van der Waals surface area contributed by atoms with Crippen molar-refractivity contribution in [1.29, 1.82) is 0 Å². The van der Waals surface area contributed by atoms with Gasteiger partial charge in [-0.1, -0.05) is 24.3 Å². The van der Waals surface area contributed by atoms with Crippen LogP contribution in [0.3, 0.4) is 0 Å². The van der Waals surface area contributed by atoms with Crippen molar-refractivity contribution in [3.05, 3.63) is 54.1 Å². The van der Waals surface area contributed by atoms with Crippen LogP contribution in [0.15, 0.2) is 48.5 Å². The van der Waals surface area contributed by atoms with E-state index in [1.807, 2.05) is 42.5 Å². The summed E-state index contributed by atoms with van der Waals surface area (Å²) in [5.41, 5.74) is 2.21. The van der Waals surface area contributed by atoms with E-state index in [-0.39, 0.29) is 12.5 Å².